The number of allylic oxidation sites excluding steroid dienone is 1. The molecule has 1 aliphatic carbocycles. The number of amides is 1. The van der Waals surface area contributed by atoms with Crippen LogP contribution in [-0.4, -0.2) is 74.2 Å². The third-order valence-corrected chi connectivity index (χ3v) is 9.79. The van der Waals surface area contributed by atoms with Crippen molar-refractivity contribution >= 4 is 40.4 Å². The van der Waals surface area contributed by atoms with Gasteiger partial charge in [-0.25, -0.2) is 9.99 Å². The molecule has 4 heterocycles. The van der Waals surface area contributed by atoms with Crippen molar-refractivity contribution in [3.63, 3.8) is 0 Å². The Balaban J connectivity index is 1.20. The Morgan fingerprint density at radius 1 is 0.905 bits per heavy atom. The van der Waals surface area contributed by atoms with E-state index in [1.165, 1.54) is 33.8 Å². The number of ether oxygens (including phenoxy) is 2. The number of hydrogen-bond donors (Lipinski definition) is 0. The SMILES string of the molecule is Cc1ncsc1C(=O)N1N=C2/C(=C/c3ccc(N4CCOCC4)cc3)CCC[C@@H]2[C@H]1c1ccc(N2CCOCC2)cc1. The van der Waals surface area contributed by atoms with Crippen molar-refractivity contribution in [3.8, 4) is 0 Å². The first-order valence-corrected chi connectivity index (χ1v) is 15.9. The summed E-state index contributed by atoms with van der Waals surface area (Å²) < 4.78 is 11.1. The van der Waals surface area contributed by atoms with Crippen molar-refractivity contribution in [2.45, 2.75) is 32.2 Å². The average molecular weight is 584 g/mol. The molecule has 8 nitrogen and oxygen atoms in total. The van der Waals surface area contributed by atoms with Crippen LogP contribution in [0.3, 0.4) is 0 Å². The topological polar surface area (TPSA) is 70.5 Å². The summed E-state index contributed by atoms with van der Waals surface area (Å²) in [6, 6.07) is 17.4. The van der Waals surface area contributed by atoms with Gasteiger partial charge in [-0.1, -0.05) is 24.3 Å². The number of thiazole rings is 1. The number of aryl methyl sites for hydroxylation is 1. The standard InChI is InChI=1S/C33H37N5O3S/c1-23-32(42-22-34-23)33(39)38-31(25-7-11-28(12-8-25)37-15-19-41-20-16-37)29-4-2-3-26(30(29)35-38)21-24-5-9-27(10-6-24)36-13-17-40-18-14-36/h5-12,21-22,29,31H,2-4,13-20H2,1H3/b26-21+/t29-,31+/m0/s1. The highest BCUT2D eigenvalue weighted by Gasteiger charge is 2.44. The smallest absolute Gasteiger partial charge is 0.286 e. The van der Waals surface area contributed by atoms with Gasteiger partial charge in [-0.15, -0.1) is 11.3 Å². The molecule has 1 aromatic heterocycles. The lowest BCUT2D eigenvalue weighted by atomic mass is 9.77. The summed E-state index contributed by atoms with van der Waals surface area (Å²) in [5.74, 6) is 0.0948. The maximum atomic E-state index is 14.0. The van der Waals surface area contributed by atoms with Crippen molar-refractivity contribution in [2.24, 2.45) is 11.0 Å². The molecule has 3 aromatic rings. The number of carbonyl (C=O) groups is 1. The highest BCUT2D eigenvalue weighted by molar-refractivity contribution is 7.11. The third-order valence-electron chi connectivity index (χ3n) is 8.87. The summed E-state index contributed by atoms with van der Waals surface area (Å²) in [7, 11) is 0. The fraction of sp³-hybridized carbons (Fsp3) is 0.424. The minimum atomic E-state index is -0.139. The molecule has 1 saturated carbocycles. The van der Waals surface area contributed by atoms with Gasteiger partial charge in [0, 0.05) is 43.5 Å². The van der Waals surface area contributed by atoms with E-state index < -0.39 is 0 Å². The molecule has 2 atom stereocenters. The number of rotatable bonds is 5. The number of benzene rings is 2. The van der Waals surface area contributed by atoms with E-state index in [4.69, 9.17) is 14.6 Å². The monoisotopic (exact) mass is 583 g/mol. The largest absolute Gasteiger partial charge is 0.378 e. The Bertz CT molecular complexity index is 1470. The predicted molar refractivity (Wildman–Crippen MR) is 167 cm³/mol. The van der Waals surface area contributed by atoms with Gasteiger partial charge >= 0.3 is 0 Å². The Labute approximate surface area is 251 Å². The van der Waals surface area contributed by atoms with E-state index >= 15 is 0 Å². The molecule has 0 unspecified atom stereocenters. The lowest BCUT2D eigenvalue weighted by Crippen LogP contribution is -2.36. The number of anilines is 2. The van der Waals surface area contributed by atoms with Crippen LogP contribution >= 0.6 is 11.3 Å². The van der Waals surface area contributed by atoms with Crippen LogP contribution in [0.5, 0.6) is 0 Å². The Hall–Kier alpha value is -3.53. The highest BCUT2D eigenvalue weighted by Crippen LogP contribution is 2.45. The van der Waals surface area contributed by atoms with Gasteiger partial charge in [-0.2, -0.15) is 5.10 Å². The molecule has 42 heavy (non-hydrogen) atoms. The van der Waals surface area contributed by atoms with Gasteiger partial charge in [0.15, 0.2) is 0 Å². The minimum absolute atomic E-state index is 0.0617. The lowest BCUT2D eigenvalue weighted by Gasteiger charge is -2.31. The molecule has 0 N–H and O–H groups in total. The molecule has 1 amide bonds. The zero-order chi connectivity index (χ0) is 28.5. The van der Waals surface area contributed by atoms with Crippen molar-refractivity contribution < 1.29 is 14.3 Å². The van der Waals surface area contributed by atoms with Gasteiger partial charge in [0.25, 0.3) is 5.91 Å². The Morgan fingerprint density at radius 3 is 2.12 bits per heavy atom. The van der Waals surface area contributed by atoms with Gasteiger partial charge in [-0.3, -0.25) is 4.79 Å². The number of morpholine rings is 2. The van der Waals surface area contributed by atoms with Crippen LogP contribution in [0.1, 0.15) is 51.8 Å². The minimum Gasteiger partial charge on any atom is -0.378 e. The molecular formula is C33H37N5O3S. The second-order valence-electron chi connectivity index (χ2n) is 11.4. The van der Waals surface area contributed by atoms with Gasteiger partial charge in [0.1, 0.15) is 4.88 Å². The maximum Gasteiger partial charge on any atom is 0.286 e. The molecule has 2 aromatic carbocycles. The van der Waals surface area contributed by atoms with E-state index in [1.54, 1.807) is 10.5 Å². The first-order valence-electron chi connectivity index (χ1n) is 15.0. The molecule has 0 spiro atoms. The molecule has 4 aliphatic rings. The van der Waals surface area contributed by atoms with Crippen LogP contribution in [0, 0.1) is 12.8 Å². The second-order valence-corrected chi connectivity index (χ2v) is 12.3. The normalized spacial score (nSPS) is 23.7. The van der Waals surface area contributed by atoms with E-state index in [0.29, 0.717) is 4.88 Å². The molecule has 9 heteroatoms. The van der Waals surface area contributed by atoms with Crippen LogP contribution in [0.15, 0.2) is 64.7 Å². The fourth-order valence-electron chi connectivity index (χ4n) is 6.62. The van der Waals surface area contributed by atoms with E-state index in [1.807, 2.05) is 6.92 Å². The molecule has 0 bridgehead atoms. The molecule has 3 aliphatic heterocycles. The summed E-state index contributed by atoms with van der Waals surface area (Å²) in [4.78, 5) is 23.7. The molecular weight excluding hydrogens is 546 g/mol. The van der Waals surface area contributed by atoms with Gasteiger partial charge in [-0.05, 0) is 73.2 Å². The number of carbonyl (C=O) groups excluding carboxylic acids is 1. The Kier molecular flexibility index (Phi) is 7.80. The zero-order valence-electron chi connectivity index (χ0n) is 24.1. The van der Waals surface area contributed by atoms with E-state index in [9.17, 15) is 4.79 Å². The van der Waals surface area contributed by atoms with Gasteiger partial charge in [0.05, 0.1) is 49.4 Å². The lowest BCUT2D eigenvalue weighted by molar-refractivity contribution is 0.0685. The van der Waals surface area contributed by atoms with E-state index in [2.05, 4.69) is 69.4 Å². The summed E-state index contributed by atoms with van der Waals surface area (Å²) in [5, 5.41) is 6.86. The molecule has 218 valence electrons. The van der Waals surface area contributed by atoms with Gasteiger partial charge < -0.3 is 19.3 Å². The van der Waals surface area contributed by atoms with Crippen LogP contribution < -0.4 is 9.80 Å². The summed E-state index contributed by atoms with van der Waals surface area (Å²) >= 11 is 1.40. The highest BCUT2D eigenvalue weighted by atomic mass is 32.1. The number of hydrazone groups is 1. The van der Waals surface area contributed by atoms with Crippen LogP contribution in [-0.2, 0) is 9.47 Å². The number of hydrogen-bond acceptors (Lipinski definition) is 8. The number of fused-ring (bicyclic) bond motifs is 1. The van der Waals surface area contributed by atoms with Crippen LogP contribution in [0.4, 0.5) is 11.4 Å². The van der Waals surface area contributed by atoms with Crippen molar-refractivity contribution in [3.05, 3.63) is 81.3 Å². The fourth-order valence-corrected chi connectivity index (χ4v) is 7.35. The van der Waals surface area contributed by atoms with Gasteiger partial charge in [0.2, 0.25) is 0 Å². The number of aromatic nitrogens is 1. The number of nitrogens with zero attached hydrogens (tertiary/aromatic N) is 5. The average Bonchev–Trinajstić information content (AvgIpc) is 3.66. The Morgan fingerprint density at radius 2 is 1.52 bits per heavy atom. The van der Waals surface area contributed by atoms with Crippen molar-refractivity contribution in [2.75, 3.05) is 62.4 Å². The first kappa shape index (κ1) is 27.3. The maximum absolute atomic E-state index is 14.0. The second kappa shape index (κ2) is 12.0. The third kappa shape index (κ3) is 5.37. The summed E-state index contributed by atoms with van der Waals surface area (Å²) in [6.45, 7) is 8.62. The molecule has 7 rings (SSSR count). The molecule has 3 fully saturated rings. The quantitative estimate of drug-likeness (QED) is 0.392. The summed E-state index contributed by atoms with van der Waals surface area (Å²) in [6.07, 6.45) is 5.32. The van der Waals surface area contributed by atoms with Crippen molar-refractivity contribution in [1.82, 2.24) is 9.99 Å². The summed E-state index contributed by atoms with van der Waals surface area (Å²) in [5.41, 5.74) is 9.52. The van der Waals surface area contributed by atoms with Crippen molar-refractivity contribution in [1.29, 1.82) is 0 Å². The van der Waals surface area contributed by atoms with Crippen LogP contribution in [0.25, 0.3) is 6.08 Å². The first-order chi connectivity index (χ1) is 20.7. The van der Waals surface area contributed by atoms with Crippen LogP contribution in [0.2, 0.25) is 0 Å². The predicted octanol–water partition coefficient (Wildman–Crippen LogP) is 5.56. The van der Waals surface area contributed by atoms with E-state index in [0.717, 1.165) is 88.8 Å². The molecule has 0 radical (unpaired) electrons. The molecule has 2 saturated heterocycles. The van der Waals surface area contributed by atoms with E-state index in [-0.39, 0.29) is 17.9 Å². The zero-order valence-corrected chi connectivity index (χ0v) is 24.9.